The van der Waals surface area contributed by atoms with Gasteiger partial charge in [0, 0.05) is 30.9 Å². The van der Waals surface area contributed by atoms with Crippen LogP contribution < -0.4 is 0 Å². The van der Waals surface area contributed by atoms with Gasteiger partial charge in [0.05, 0.1) is 30.9 Å². The number of ether oxygens (including phenoxy) is 4. The van der Waals surface area contributed by atoms with Crippen LogP contribution in [-0.4, -0.2) is 71.2 Å². The van der Waals surface area contributed by atoms with Gasteiger partial charge in [-0.15, -0.1) is 11.8 Å². The lowest BCUT2D eigenvalue weighted by Crippen LogP contribution is -2.59. The fourth-order valence-corrected chi connectivity index (χ4v) is 5.97. The molecule has 0 unspecified atom stereocenters. The van der Waals surface area contributed by atoms with Gasteiger partial charge >= 0.3 is 11.9 Å². The molecule has 0 bridgehead atoms. The average molecular weight is 635 g/mol. The van der Waals surface area contributed by atoms with Crippen molar-refractivity contribution in [3.05, 3.63) is 59.8 Å². The zero-order chi connectivity index (χ0) is 32.8. The van der Waals surface area contributed by atoms with Crippen LogP contribution in [0.5, 0.6) is 0 Å². The molecule has 2 rings (SSSR count). The number of unbranched alkanes of at least 4 members (excludes halogenated alkanes) is 1. The van der Waals surface area contributed by atoms with Gasteiger partial charge in [0.15, 0.2) is 5.79 Å². The molecule has 248 valence electrons. The van der Waals surface area contributed by atoms with Gasteiger partial charge in [-0.25, -0.2) is 9.59 Å². The number of aliphatic carboxylic acids is 1. The van der Waals surface area contributed by atoms with E-state index in [1.54, 1.807) is 24.8 Å². The molecule has 0 aromatic heterocycles. The fraction of sp³-hybridized carbons (Fsp3) is 0.657. The van der Waals surface area contributed by atoms with Crippen LogP contribution in [0.15, 0.2) is 59.8 Å². The molecule has 8 nitrogen and oxygen atoms in total. The molecule has 9 heteroatoms. The second-order valence-corrected chi connectivity index (χ2v) is 13.0. The van der Waals surface area contributed by atoms with Crippen LogP contribution >= 0.6 is 11.8 Å². The zero-order valence-electron chi connectivity index (χ0n) is 27.6. The van der Waals surface area contributed by atoms with Gasteiger partial charge in [-0.3, -0.25) is 0 Å². The van der Waals surface area contributed by atoms with E-state index in [-0.39, 0.29) is 18.1 Å². The molecule has 0 aromatic carbocycles. The molecule has 0 saturated carbocycles. The first kappa shape index (κ1) is 38.0. The van der Waals surface area contributed by atoms with Gasteiger partial charge in [-0.1, -0.05) is 75.6 Å². The third-order valence-corrected chi connectivity index (χ3v) is 8.93. The van der Waals surface area contributed by atoms with E-state index >= 15 is 0 Å². The number of esters is 1. The molecule has 2 heterocycles. The maximum absolute atomic E-state index is 11.8. The monoisotopic (exact) mass is 634 g/mol. The molecule has 0 aromatic rings. The van der Waals surface area contributed by atoms with Crippen molar-refractivity contribution in [2.24, 2.45) is 11.8 Å². The highest BCUT2D eigenvalue weighted by Gasteiger charge is 2.53. The molecule has 1 spiro atoms. The maximum atomic E-state index is 11.8. The van der Waals surface area contributed by atoms with Gasteiger partial charge in [-0.05, 0) is 57.3 Å². The number of carboxylic acid groups (broad SMARTS) is 1. The molecule has 0 aliphatic carbocycles. The Kier molecular flexibility index (Phi) is 16.2. The largest absolute Gasteiger partial charge is 0.478 e. The van der Waals surface area contributed by atoms with Gasteiger partial charge in [-0.2, -0.15) is 0 Å². The van der Waals surface area contributed by atoms with E-state index < -0.39 is 29.4 Å². The number of rotatable bonds is 16. The Hall–Kier alpha value is -2.17. The third-order valence-electron chi connectivity index (χ3n) is 8.58. The zero-order valence-corrected chi connectivity index (χ0v) is 28.4. The minimum Gasteiger partial charge on any atom is -0.478 e. The summed E-state index contributed by atoms with van der Waals surface area (Å²) < 4.78 is 25.1. The lowest BCUT2D eigenvalue weighted by molar-refractivity contribution is -0.346. The lowest BCUT2D eigenvalue weighted by atomic mass is 9.78. The quantitative estimate of drug-likeness (QED) is 0.0791. The van der Waals surface area contributed by atoms with Gasteiger partial charge in [0.2, 0.25) is 0 Å². The van der Waals surface area contributed by atoms with Crippen molar-refractivity contribution in [1.29, 1.82) is 0 Å². The highest BCUT2D eigenvalue weighted by molar-refractivity contribution is 7.98. The van der Waals surface area contributed by atoms with Crippen LogP contribution in [-0.2, 0) is 28.5 Å². The minimum absolute atomic E-state index is 0.0321. The number of aliphatic hydroxyl groups excluding tert-OH is 1. The predicted molar refractivity (Wildman–Crippen MR) is 176 cm³/mol. The van der Waals surface area contributed by atoms with E-state index in [1.165, 1.54) is 19.3 Å². The van der Waals surface area contributed by atoms with Gasteiger partial charge in [0.1, 0.15) is 6.10 Å². The highest BCUT2D eigenvalue weighted by Crippen LogP contribution is 2.48. The SMILES string of the molecule is CCCC[C@@]1(OCSC)CC[C@]2(CC[C@H](C)[C@@H](CC=C(C)C=C[C@H](O)[C@@H](C)C=CC(=O)O)O2)O[C@H]1C=CC(C)=CC(=O)OC. The normalized spacial score (nSPS) is 30.0. The van der Waals surface area contributed by atoms with E-state index in [0.717, 1.165) is 62.2 Å². The number of methoxy groups -OCH3 is 1. The van der Waals surface area contributed by atoms with Crippen molar-refractivity contribution in [2.75, 3.05) is 19.3 Å². The van der Waals surface area contributed by atoms with Crippen LogP contribution in [0.4, 0.5) is 0 Å². The molecule has 2 aliphatic heterocycles. The van der Waals surface area contributed by atoms with Crippen molar-refractivity contribution in [3.8, 4) is 0 Å². The smallest absolute Gasteiger partial charge is 0.330 e. The molecule has 0 amide bonds. The van der Waals surface area contributed by atoms with Crippen molar-refractivity contribution in [2.45, 2.75) is 116 Å². The van der Waals surface area contributed by atoms with Crippen LogP contribution in [0.25, 0.3) is 0 Å². The lowest BCUT2D eigenvalue weighted by Gasteiger charge is -2.53. The van der Waals surface area contributed by atoms with Crippen LogP contribution in [0, 0.1) is 11.8 Å². The molecular formula is C35H54O8S. The molecule has 2 N–H and O–H groups in total. The number of hydrogen-bond donors (Lipinski definition) is 2. The number of carbonyl (C=O) groups is 2. The predicted octanol–water partition coefficient (Wildman–Crippen LogP) is 7.15. The maximum Gasteiger partial charge on any atom is 0.330 e. The van der Waals surface area contributed by atoms with Crippen LogP contribution in [0.3, 0.4) is 0 Å². The molecule has 2 saturated heterocycles. The van der Waals surface area contributed by atoms with Crippen molar-refractivity contribution in [3.63, 3.8) is 0 Å². The first-order valence-corrected chi connectivity index (χ1v) is 17.2. The molecule has 44 heavy (non-hydrogen) atoms. The molecule has 2 aliphatic rings. The summed E-state index contributed by atoms with van der Waals surface area (Å²) in [4.78, 5) is 22.6. The number of thioether (sulfide) groups is 1. The summed E-state index contributed by atoms with van der Waals surface area (Å²) in [5.74, 6) is -1.53. The van der Waals surface area contributed by atoms with Gasteiger partial charge in [0.25, 0.3) is 0 Å². The van der Waals surface area contributed by atoms with Crippen molar-refractivity contribution >= 4 is 23.7 Å². The Labute approximate surface area is 268 Å². The Bertz CT molecular complexity index is 1070. The van der Waals surface area contributed by atoms with E-state index in [0.29, 0.717) is 18.3 Å². The highest BCUT2D eigenvalue weighted by atomic mass is 32.2. The van der Waals surface area contributed by atoms with E-state index in [2.05, 4.69) is 19.9 Å². The standard InChI is InChI=1S/C35H54O8S/c1-8-9-19-34(41-24-44-7)21-22-35(43-31(34)16-12-26(3)23-33(39)40-6)20-18-28(5)30(42-35)15-11-25(2)10-14-29(36)27(4)13-17-32(37)38/h10-14,16-17,23,27-31,36H,8-9,15,18-22,24H2,1-7H3,(H,37,38)/t27-,28-,29-,30+,31-,34+,35-/m0/s1. The summed E-state index contributed by atoms with van der Waals surface area (Å²) >= 11 is 1.65. The Morgan fingerprint density at radius 1 is 1.09 bits per heavy atom. The number of aliphatic hydroxyl groups is 1. The van der Waals surface area contributed by atoms with Crippen molar-refractivity contribution < 1.29 is 38.7 Å². The van der Waals surface area contributed by atoms with Crippen LogP contribution in [0.2, 0.25) is 0 Å². The summed E-state index contributed by atoms with van der Waals surface area (Å²) in [5, 5.41) is 19.2. The third kappa shape index (κ3) is 12.0. The number of carboxylic acids is 1. The first-order valence-electron chi connectivity index (χ1n) is 15.8. The van der Waals surface area contributed by atoms with Crippen molar-refractivity contribution in [1.82, 2.24) is 0 Å². The summed E-state index contributed by atoms with van der Waals surface area (Å²) in [6.07, 6.45) is 21.5. The molecule has 7 atom stereocenters. The summed E-state index contributed by atoms with van der Waals surface area (Å²) in [7, 11) is 1.37. The Balaban J connectivity index is 2.24. The minimum atomic E-state index is -1.03. The first-order chi connectivity index (χ1) is 20.9. The molecule has 0 radical (unpaired) electrons. The van der Waals surface area contributed by atoms with E-state index in [9.17, 15) is 14.7 Å². The van der Waals surface area contributed by atoms with Crippen LogP contribution in [0.1, 0.15) is 86.0 Å². The van der Waals surface area contributed by atoms with Gasteiger partial charge < -0.3 is 29.2 Å². The van der Waals surface area contributed by atoms with E-state index in [4.69, 9.17) is 24.1 Å². The number of carbonyl (C=O) groups excluding carboxylic acids is 1. The second-order valence-electron chi connectivity index (χ2n) is 12.2. The summed E-state index contributed by atoms with van der Waals surface area (Å²) in [5.41, 5.74) is 1.29. The number of hydrogen-bond acceptors (Lipinski definition) is 8. The number of allylic oxidation sites excluding steroid dienone is 4. The second kappa shape index (κ2) is 18.7. The summed E-state index contributed by atoms with van der Waals surface area (Å²) in [6.45, 7) is 10.0. The fourth-order valence-electron chi connectivity index (χ4n) is 5.61. The molecular weight excluding hydrogens is 580 g/mol. The Morgan fingerprint density at radius 2 is 1.84 bits per heavy atom. The molecule has 2 fully saturated rings. The summed E-state index contributed by atoms with van der Waals surface area (Å²) in [6, 6.07) is 0. The average Bonchev–Trinajstić information content (AvgIpc) is 3.00. The topological polar surface area (TPSA) is 112 Å². The Morgan fingerprint density at radius 3 is 2.50 bits per heavy atom. The van der Waals surface area contributed by atoms with E-state index in [1.807, 2.05) is 38.3 Å².